The van der Waals surface area contributed by atoms with Crippen molar-refractivity contribution < 1.29 is 0 Å². The van der Waals surface area contributed by atoms with E-state index < -0.39 is 0 Å². The highest BCUT2D eigenvalue weighted by molar-refractivity contribution is 7.09. The third-order valence-corrected chi connectivity index (χ3v) is 4.83. The Bertz CT molecular complexity index is 548. The monoisotopic (exact) mass is 286 g/mol. The highest BCUT2D eigenvalue weighted by Gasteiger charge is 2.11. The van der Waals surface area contributed by atoms with Crippen molar-refractivity contribution in [2.24, 2.45) is 0 Å². The van der Waals surface area contributed by atoms with Crippen molar-refractivity contribution in [1.29, 1.82) is 0 Å². The summed E-state index contributed by atoms with van der Waals surface area (Å²) in [5.74, 6) is 0. The summed E-state index contributed by atoms with van der Waals surface area (Å²) in [7, 11) is 0. The Morgan fingerprint density at radius 3 is 2.95 bits per heavy atom. The highest BCUT2D eigenvalue weighted by Crippen LogP contribution is 2.18. The van der Waals surface area contributed by atoms with Crippen LogP contribution in [-0.4, -0.2) is 18.0 Å². The van der Waals surface area contributed by atoms with Gasteiger partial charge in [0.05, 0.1) is 0 Å². The van der Waals surface area contributed by atoms with E-state index in [1.807, 2.05) is 11.3 Å². The van der Waals surface area contributed by atoms with Crippen LogP contribution in [0.5, 0.6) is 0 Å². The second-order valence-corrected chi connectivity index (χ2v) is 6.44. The van der Waals surface area contributed by atoms with Gasteiger partial charge in [-0.05, 0) is 47.6 Å². The second-order valence-electron chi connectivity index (χ2n) is 5.41. The molecule has 1 aliphatic heterocycles. The van der Waals surface area contributed by atoms with Crippen molar-refractivity contribution in [2.75, 3.05) is 13.1 Å². The molecule has 0 amide bonds. The van der Waals surface area contributed by atoms with E-state index in [0.29, 0.717) is 0 Å². The maximum Gasteiger partial charge on any atom is 0.0331 e. The summed E-state index contributed by atoms with van der Waals surface area (Å²) in [6, 6.07) is 11.4. The molecular weight excluding hydrogens is 264 g/mol. The molecule has 1 N–H and O–H groups in total. The Morgan fingerprint density at radius 2 is 2.15 bits per heavy atom. The minimum atomic E-state index is 1.03. The van der Waals surface area contributed by atoms with E-state index in [1.165, 1.54) is 28.0 Å². The minimum Gasteiger partial charge on any atom is -0.312 e. The average Bonchev–Trinajstić information content (AvgIpc) is 2.99. The summed E-state index contributed by atoms with van der Waals surface area (Å²) >= 11 is 1.85. The molecule has 0 radical (unpaired) electrons. The van der Waals surface area contributed by atoms with Crippen LogP contribution in [0.1, 0.15) is 28.5 Å². The summed E-state index contributed by atoms with van der Waals surface area (Å²) in [6.45, 7) is 7.58. The van der Waals surface area contributed by atoms with Gasteiger partial charge >= 0.3 is 0 Å². The molecule has 2 nitrogen and oxygen atoms in total. The van der Waals surface area contributed by atoms with Gasteiger partial charge in [-0.1, -0.05) is 31.2 Å². The SMILES string of the molecule is CCN(Cc1ccc2c(c1)CNCC2)Cc1cccs1. The molecular formula is C17H22N2S. The topological polar surface area (TPSA) is 15.3 Å². The summed E-state index contributed by atoms with van der Waals surface area (Å²) in [5.41, 5.74) is 4.44. The van der Waals surface area contributed by atoms with Crippen LogP contribution < -0.4 is 5.32 Å². The molecule has 3 heteroatoms. The zero-order valence-electron chi connectivity index (χ0n) is 12.1. The van der Waals surface area contributed by atoms with Gasteiger partial charge in [-0.2, -0.15) is 0 Å². The molecule has 1 aliphatic rings. The molecule has 0 spiro atoms. The zero-order chi connectivity index (χ0) is 13.8. The van der Waals surface area contributed by atoms with Gasteiger partial charge in [0.15, 0.2) is 0 Å². The number of thiophene rings is 1. The van der Waals surface area contributed by atoms with E-state index in [1.54, 1.807) is 0 Å². The van der Waals surface area contributed by atoms with Crippen LogP contribution in [0.25, 0.3) is 0 Å². The number of fused-ring (bicyclic) bond motifs is 1. The highest BCUT2D eigenvalue weighted by atomic mass is 32.1. The lowest BCUT2D eigenvalue weighted by atomic mass is 9.98. The van der Waals surface area contributed by atoms with E-state index in [4.69, 9.17) is 0 Å². The summed E-state index contributed by atoms with van der Waals surface area (Å²) in [4.78, 5) is 3.95. The van der Waals surface area contributed by atoms with Gasteiger partial charge in [0, 0.05) is 24.5 Å². The lowest BCUT2D eigenvalue weighted by Gasteiger charge is -2.22. The molecule has 20 heavy (non-hydrogen) atoms. The quantitative estimate of drug-likeness (QED) is 0.906. The van der Waals surface area contributed by atoms with Gasteiger partial charge in [0.2, 0.25) is 0 Å². The van der Waals surface area contributed by atoms with E-state index >= 15 is 0 Å². The van der Waals surface area contributed by atoms with Crippen LogP contribution in [0.3, 0.4) is 0 Å². The molecule has 1 aromatic heterocycles. The van der Waals surface area contributed by atoms with Crippen LogP contribution in [0, 0.1) is 0 Å². The number of hydrogen-bond donors (Lipinski definition) is 1. The Hall–Kier alpha value is -1.16. The van der Waals surface area contributed by atoms with Crippen LogP contribution >= 0.6 is 11.3 Å². The van der Waals surface area contributed by atoms with Crippen molar-refractivity contribution in [3.05, 3.63) is 57.3 Å². The average molecular weight is 286 g/mol. The van der Waals surface area contributed by atoms with Crippen LogP contribution in [0.2, 0.25) is 0 Å². The van der Waals surface area contributed by atoms with Gasteiger partial charge in [0.25, 0.3) is 0 Å². The first-order chi connectivity index (χ1) is 9.85. The van der Waals surface area contributed by atoms with Gasteiger partial charge in [-0.15, -0.1) is 11.3 Å². The third-order valence-electron chi connectivity index (χ3n) is 3.97. The molecule has 0 saturated carbocycles. The molecule has 0 bridgehead atoms. The lowest BCUT2D eigenvalue weighted by Crippen LogP contribution is -2.25. The number of rotatable bonds is 5. The minimum absolute atomic E-state index is 1.03. The smallest absolute Gasteiger partial charge is 0.0331 e. The molecule has 1 aromatic carbocycles. The van der Waals surface area contributed by atoms with Crippen LogP contribution in [0.4, 0.5) is 0 Å². The fraction of sp³-hybridized carbons (Fsp3) is 0.412. The fourth-order valence-corrected chi connectivity index (χ4v) is 3.54. The Kier molecular flexibility index (Phi) is 4.51. The summed E-state index contributed by atoms with van der Waals surface area (Å²) in [6.07, 6.45) is 1.17. The molecule has 2 heterocycles. The molecule has 0 aliphatic carbocycles. The zero-order valence-corrected chi connectivity index (χ0v) is 12.9. The first-order valence-electron chi connectivity index (χ1n) is 7.41. The molecule has 0 atom stereocenters. The van der Waals surface area contributed by atoms with E-state index in [-0.39, 0.29) is 0 Å². The van der Waals surface area contributed by atoms with E-state index in [0.717, 1.165) is 32.7 Å². The Morgan fingerprint density at radius 1 is 1.20 bits per heavy atom. The Balaban J connectivity index is 1.69. The van der Waals surface area contributed by atoms with Gasteiger partial charge in [-0.25, -0.2) is 0 Å². The van der Waals surface area contributed by atoms with Crippen molar-refractivity contribution in [3.63, 3.8) is 0 Å². The number of nitrogens with one attached hydrogen (secondary N) is 1. The molecule has 3 rings (SSSR count). The number of hydrogen-bond acceptors (Lipinski definition) is 3. The van der Waals surface area contributed by atoms with Crippen molar-refractivity contribution in [2.45, 2.75) is 33.0 Å². The van der Waals surface area contributed by atoms with Crippen LogP contribution in [0.15, 0.2) is 35.7 Å². The predicted octanol–water partition coefficient (Wildman–Crippen LogP) is 3.42. The fourth-order valence-electron chi connectivity index (χ4n) is 2.79. The van der Waals surface area contributed by atoms with E-state index in [2.05, 4.69) is 52.9 Å². The summed E-state index contributed by atoms with van der Waals surface area (Å²) in [5, 5.41) is 5.62. The molecule has 0 unspecified atom stereocenters. The molecule has 106 valence electrons. The van der Waals surface area contributed by atoms with Gasteiger partial charge in [0.1, 0.15) is 0 Å². The predicted molar refractivity (Wildman–Crippen MR) is 86.0 cm³/mol. The van der Waals surface area contributed by atoms with Crippen molar-refractivity contribution in [3.8, 4) is 0 Å². The van der Waals surface area contributed by atoms with Crippen molar-refractivity contribution >= 4 is 11.3 Å². The summed E-state index contributed by atoms with van der Waals surface area (Å²) < 4.78 is 0. The second kappa shape index (κ2) is 6.53. The molecule has 2 aromatic rings. The van der Waals surface area contributed by atoms with Crippen LogP contribution in [-0.2, 0) is 26.1 Å². The van der Waals surface area contributed by atoms with Crippen molar-refractivity contribution in [1.82, 2.24) is 10.2 Å². The first kappa shape index (κ1) is 13.8. The number of nitrogens with zero attached hydrogens (tertiary/aromatic N) is 1. The first-order valence-corrected chi connectivity index (χ1v) is 8.29. The molecule has 0 fully saturated rings. The van der Waals surface area contributed by atoms with Gasteiger partial charge in [-0.3, -0.25) is 4.90 Å². The Labute approximate surface area is 125 Å². The molecule has 0 saturated heterocycles. The maximum atomic E-state index is 3.46. The third kappa shape index (κ3) is 3.29. The number of benzene rings is 1. The largest absolute Gasteiger partial charge is 0.312 e. The lowest BCUT2D eigenvalue weighted by molar-refractivity contribution is 0.274. The van der Waals surface area contributed by atoms with Gasteiger partial charge < -0.3 is 5.32 Å². The maximum absolute atomic E-state index is 3.46. The normalized spacial score (nSPS) is 14.5. The standard InChI is InChI=1S/C17H22N2S/c1-2-19(13-17-4-3-9-20-17)12-14-5-6-15-7-8-18-11-16(15)10-14/h3-6,9-10,18H,2,7-8,11-13H2,1H3. The van der Waals surface area contributed by atoms with E-state index in [9.17, 15) is 0 Å².